The van der Waals surface area contributed by atoms with E-state index in [1.54, 1.807) is 0 Å². The van der Waals surface area contributed by atoms with Crippen molar-refractivity contribution in [3.63, 3.8) is 0 Å². The van der Waals surface area contributed by atoms with Crippen LogP contribution in [0.2, 0.25) is 5.02 Å². The number of aromatic nitrogens is 1. The maximum absolute atomic E-state index is 6.38. The predicted molar refractivity (Wildman–Crippen MR) is 77.2 cm³/mol. The molecule has 0 aromatic carbocycles. The number of nitrogens with one attached hydrogen (secondary N) is 1. The van der Waals surface area contributed by atoms with Gasteiger partial charge in [0.1, 0.15) is 5.82 Å². The van der Waals surface area contributed by atoms with E-state index in [2.05, 4.69) is 29.0 Å². The van der Waals surface area contributed by atoms with E-state index >= 15 is 0 Å². The third-order valence-electron chi connectivity index (χ3n) is 3.65. The first kappa shape index (κ1) is 13.6. The molecule has 2 rings (SSSR count). The molecule has 2 unspecified atom stereocenters. The first-order chi connectivity index (χ1) is 8.61. The minimum atomic E-state index is 0.529. The minimum Gasteiger partial charge on any atom is -0.352 e. The number of halogens is 1. The molecule has 1 aliphatic heterocycles. The number of rotatable bonds is 3. The van der Waals surface area contributed by atoms with Gasteiger partial charge in [0.05, 0.1) is 5.02 Å². The highest BCUT2D eigenvalue weighted by Gasteiger charge is 2.25. The van der Waals surface area contributed by atoms with Gasteiger partial charge in [0.15, 0.2) is 0 Å². The Morgan fingerprint density at radius 3 is 2.89 bits per heavy atom. The molecule has 4 heteroatoms. The lowest BCUT2D eigenvalue weighted by Crippen LogP contribution is -2.41. The van der Waals surface area contributed by atoms with Crippen molar-refractivity contribution >= 4 is 17.4 Å². The van der Waals surface area contributed by atoms with Crippen LogP contribution in [-0.4, -0.2) is 24.6 Å². The normalized spacial score (nSPS) is 24.3. The second kappa shape index (κ2) is 5.89. The summed E-state index contributed by atoms with van der Waals surface area (Å²) in [5, 5.41) is 3.88. The van der Waals surface area contributed by atoms with Crippen molar-refractivity contribution in [2.75, 3.05) is 18.5 Å². The van der Waals surface area contributed by atoms with E-state index in [9.17, 15) is 0 Å². The van der Waals surface area contributed by atoms with Crippen LogP contribution in [0.4, 0.5) is 5.82 Å². The van der Waals surface area contributed by atoms with Crippen LogP contribution in [0.5, 0.6) is 0 Å². The lowest BCUT2D eigenvalue weighted by atomic mass is 9.95. The van der Waals surface area contributed by atoms with Crippen LogP contribution in [0.3, 0.4) is 0 Å². The second-order valence-electron chi connectivity index (χ2n) is 5.36. The van der Waals surface area contributed by atoms with Crippen molar-refractivity contribution in [2.24, 2.45) is 5.92 Å². The molecule has 100 valence electrons. The Labute approximate surface area is 115 Å². The fourth-order valence-corrected chi connectivity index (χ4v) is 2.86. The number of nitrogens with zero attached hydrogens (tertiary/aromatic N) is 2. The maximum atomic E-state index is 6.38. The Morgan fingerprint density at radius 2 is 2.22 bits per heavy atom. The van der Waals surface area contributed by atoms with Crippen LogP contribution in [0, 0.1) is 5.92 Å². The lowest BCUT2D eigenvalue weighted by Gasteiger charge is -2.38. The molecular formula is C14H22ClN3. The van der Waals surface area contributed by atoms with Gasteiger partial charge in [0, 0.05) is 25.3 Å². The fraction of sp³-hybridized carbons (Fsp3) is 0.643. The molecule has 1 aliphatic rings. The molecule has 18 heavy (non-hydrogen) atoms. The van der Waals surface area contributed by atoms with Crippen LogP contribution < -0.4 is 10.2 Å². The van der Waals surface area contributed by atoms with Crippen LogP contribution in [0.1, 0.15) is 32.3 Å². The van der Waals surface area contributed by atoms with Gasteiger partial charge in [0.2, 0.25) is 0 Å². The number of piperidine rings is 1. The molecule has 0 spiro atoms. The zero-order valence-electron chi connectivity index (χ0n) is 11.4. The largest absolute Gasteiger partial charge is 0.352 e. The van der Waals surface area contributed by atoms with Crippen molar-refractivity contribution in [3.8, 4) is 0 Å². The average molecular weight is 268 g/mol. The molecule has 2 atom stereocenters. The van der Waals surface area contributed by atoms with E-state index in [0.29, 0.717) is 6.04 Å². The standard InChI is InChI=1S/C14H22ClN3/c1-10-4-5-11(2)18(9-10)14-13(15)6-12(7-16-3)8-17-14/h6,8,10-11,16H,4-5,7,9H2,1-3H3. The van der Waals surface area contributed by atoms with Crippen molar-refractivity contribution < 1.29 is 0 Å². The topological polar surface area (TPSA) is 28.2 Å². The molecule has 3 nitrogen and oxygen atoms in total. The zero-order chi connectivity index (χ0) is 13.1. The highest BCUT2D eigenvalue weighted by molar-refractivity contribution is 6.33. The number of pyridine rings is 1. The van der Waals surface area contributed by atoms with Gasteiger partial charge in [-0.05, 0) is 44.4 Å². The molecule has 0 radical (unpaired) electrons. The summed E-state index contributed by atoms with van der Waals surface area (Å²) < 4.78 is 0. The minimum absolute atomic E-state index is 0.529. The summed E-state index contributed by atoms with van der Waals surface area (Å²) >= 11 is 6.38. The predicted octanol–water partition coefficient (Wildman–Crippen LogP) is 3.08. The molecule has 0 saturated carbocycles. The molecular weight excluding hydrogens is 246 g/mol. The smallest absolute Gasteiger partial charge is 0.147 e. The third kappa shape index (κ3) is 2.96. The van der Waals surface area contributed by atoms with Gasteiger partial charge in [-0.15, -0.1) is 0 Å². The fourth-order valence-electron chi connectivity index (χ4n) is 2.57. The maximum Gasteiger partial charge on any atom is 0.147 e. The molecule has 0 bridgehead atoms. The summed E-state index contributed by atoms with van der Waals surface area (Å²) in [6, 6.07) is 2.55. The van der Waals surface area contributed by atoms with E-state index in [1.165, 1.54) is 12.8 Å². The van der Waals surface area contributed by atoms with E-state index in [1.807, 2.05) is 19.3 Å². The van der Waals surface area contributed by atoms with Gasteiger partial charge in [-0.1, -0.05) is 18.5 Å². The number of anilines is 1. The third-order valence-corrected chi connectivity index (χ3v) is 3.93. The van der Waals surface area contributed by atoms with Gasteiger partial charge >= 0.3 is 0 Å². The highest BCUT2D eigenvalue weighted by atomic mass is 35.5. The van der Waals surface area contributed by atoms with Crippen LogP contribution >= 0.6 is 11.6 Å². The van der Waals surface area contributed by atoms with Gasteiger partial charge in [0.25, 0.3) is 0 Å². The summed E-state index contributed by atoms with van der Waals surface area (Å²) in [6.45, 7) is 6.41. The summed E-state index contributed by atoms with van der Waals surface area (Å²) in [5.74, 6) is 1.66. The molecule has 1 saturated heterocycles. The second-order valence-corrected chi connectivity index (χ2v) is 5.77. The van der Waals surface area contributed by atoms with E-state index in [-0.39, 0.29) is 0 Å². The summed E-state index contributed by atoms with van der Waals surface area (Å²) in [5.41, 5.74) is 1.13. The molecule has 1 aromatic heterocycles. The summed E-state index contributed by atoms with van der Waals surface area (Å²) in [4.78, 5) is 6.91. The molecule has 0 amide bonds. The van der Waals surface area contributed by atoms with Crippen molar-refractivity contribution in [1.29, 1.82) is 0 Å². The van der Waals surface area contributed by atoms with E-state index < -0.39 is 0 Å². The summed E-state index contributed by atoms with van der Waals surface area (Å²) in [6.07, 6.45) is 4.44. The van der Waals surface area contributed by atoms with E-state index in [4.69, 9.17) is 11.6 Å². The summed E-state index contributed by atoms with van der Waals surface area (Å²) in [7, 11) is 1.93. The molecule has 1 N–H and O–H groups in total. The van der Waals surface area contributed by atoms with Gasteiger partial charge in [-0.25, -0.2) is 4.98 Å². The number of hydrogen-bond acceptors (Lipinski definition) is 3. The molecule has 1 fully saturated rings. The van der Waals surface area contributed by atoms with Crippen molar-refractivity contribution in [3.05, 3.63) is 22.8 Å². The number of hydrogen-bond donors (Lipinski definition) is 1. The molecule has 2 heterocycles. The van der Waals surface area contributed by atoms with Crippen LogP contribution in [0.25, 0.3) is 0 Å². The SMILES string of the molecule is CNCc1cnc(N2CC(C)CCC2C)c(Cl)c1. The Balaban J connectivity index is 2.21. The Hall–Kier alpha value is -0.800. The monoisotopic (exact) mass is 267 g/mol. The average Bonchev–Trinajstić information content (AvgIpc) is 2.33. The Kier molecular flexibility index (Phi) is 4.46. The van der Waals surface area contributed by atoms with E-state index in [0.717, 1.165) is 35.4 Å². The van der Waals surface area contributed by atoms with Gasteiger partial charge in [-0.3, -0.25) is 0 Å². The van der Waals surface area contributed by atoms with Crippen LogP contribution in [-0.2, 0) is 6.54 Å². The molecule has 1 aromatic rings. The first-order valence-electron chi connectivity index (χ1n) is 6.67. The van der Waals surface area contributed by atoms with Gasteiger partial charge < -0.3 is 10.2 Å². The van der Waals surface area contributed by atoms with Crippen LogP contribution in [0.15, 0.2) is 12.3 Å². The quantitative estimate of drug-likeness (QED) is 0.912. The zero-order valence-corrected chi connectivity index (χ0v) is 12.2. The lowest BCUT2D eigenvalue weighted by molar-refractivity contribution is 0.388. The van der Waals surface area contributed by atoms with Crippen molar-refractivity contribution in [1.82, 2.24) is 10.3 Å². The highest BCUT2D eigenvalue weighted by Crippen LogP contribution is 2.31. The molecule has 0 aliphatic carbocycles. The Bertz CT molecular complexity index is 408. The Morgan fingerprint density at radius 1 is 1.44 bits per heavy atom. The van der Waals surface area contributed by atoms with Crippen molar-refractivity contribution in [2.45, 2.75) is 39.3 Å². The first-order valence-corrected chi connectivity index (χ1v) is 7.05. The van der Waals surface area contributed by atoms with Gasteiger partial charge in [-0.2, -0.15) is 0 Å².